The Morgan fingerprint density at radius 2 is 1.76 bits per heavy atom. The highest BCUT2D eigenvalue weighted by Gasteiger charge is 2.34. The number of nitrogens with zero attached hydrogens (tertiary/aromatic N) is 2. The smallest absolute Gasteiger partial charge is 0.314 e. The van der Waals surface area contributed by atoms with Crippen molar-refractivity contribution in [2.45, 2.75) is 37.3 Å². The van der Waals surface area contributed by atoms with Gasteiger partial charge in [-0.2, -0.15) is 5.10 Å². The lowest BCUT2D eigenvalue weighted by molar-refractivity contribution is -0.136. The zero-order valence-electron chi connectivity index (χ0n) is 17.9. The molecule has 2 N–H and O–H groups in total. The van der Waals surface area contributed by atoms with Gasteiger partial charge in [-0.3, -0.25) is 9.59 Å². The van der Waals surface area contributed by atoms with Crippen LogP contribution in [0.5, 0.6) is 0 Å². The van der Waals surface area contributed by atoms with Crippen LogP contribution < -0.4 is 10.6 Å². The van der Waals surface area contributed by atoms with Crippen molar-refractivity contribution in [2.24, 2.45) is 0 Å². The van der Waals surface area contributed by atoms with Gasteiger partial charge in [0.15, 0.2) is 9.84 Å². The molecule has 2 heterocycles. The topological polar surface area (TPSA) is 110 Å². The Bertz CT molecular complexity index is 1290. The van der Waals surface area contributed by atoms with Crippen molar-refractivity contribution in [1.29, 1.82) is 0 Å². The highest BCUT2D eigenvalue weighted by atomic mass is 32.2. The number of hydrogen-bond donors (Lipinski definition) is 2. The van der Waals surface area contributed by atoms with Crippen molar-refractivity contribution in [1.82, 2.24) is 15.1 Å². The highest BCUT2D eigenvalue weighted by molar-refractivity contribution is 7.90. The molecule has 1 aliphatic heterocycles. The molecule has 4 rings (SSSR count). The van der Waals surface area contributed by atoms with E-state index in [0.29, 0.717) is 23.4 Å². The monoisotopic (exact) mass is 470 g/mol. The third kappa shape index (κ3) is 5.28. The van der Waals surface area contributed by atoms with Gasteiger partial charge in [0.2, 0.25) is 0 Å². The third-order valence-electron chi connectivity index (χ3n) is 5.38. The van der Waals surface area contributed by atoms with Crippen LogP contribution in [0.2, 0.25) is 0 Å². The third-order valence-corrected chi connectivity index (χ3v) is 6.83. The molecule has 3 aromatic rings. The molecule has 8 nitrogen and oxygen atoms in total. The fourth-order valence-electron chi connectivity index (χ4n) is 3.69. The van der Waals surface area contributed by atoms with Gasteiger partial charge >= 0.3 is 11.8 Å². The molecule has 1 atom stereocenters. The van der Waals surface area contributed by atoms with E-state index >= 15 is 0 Å². The van der Waals surface area contributed by atoms with Crippen LogP contribution in [0.25, 0.3) is 5.69 Å². The van der Waals surface area contributed by atoms with E-state index < -0.39 is 27.5 Å². The van der Waals surface area contributed by atoms with Gasteiger partial charge in [0.25, 0.3) is 0 Å². The minimum Gasteiger partial charge on any atom is -0.345 e. The van der Waals surface area contributed by atoms with Gasteiger partial charge in [0, 0.05) is 11.6 Å². The maximum Gasteiger partial charge on any atom is 0.314 e. The molecular weight excluding hydrogens is 447 g/mol. The van der Waals surface area contributed by atoms with Gasteiger partial charge in [-0.15, -0.1) is 0 Å². The number of carbonyl (C=O) groups excluding carboxylic acids is 2. The maximum atomic E-state index is 13.3. The van der Waals surface area contributed by atoms with E-state index in [1.54, 1.807) is 6.92 Å². The first kappa shape index (κ1) is 22.7. The Morgan fingerprint density at radius 3 is 2.45 bits per heavy atom. The summed E-state index contributed by atoms with van der Waals surface area (Å²) in [6.45, 7) is 1.81. The Morgan fingerprint density at radius 1 is 1.06 bits per heavy atom. The lowest BCUT2D eigenvalue weighted by Crippen LogP contribution is -2.41. The Kier molecular flexibility index (Phi) is 6.28. The fourth-order valence-corrected chi connectivity index (χ4v) is 5.19. The van der Waals surface area contributed by atoms with Crippen LogP contribution in [0.1, 0.15) is 30.2 Å². The number of halogens is 1. The standard InChI is InChI=1S/C23H23FN4O4S/c1-15(7-8-16-5-3-2-4-6-16)25-22(29)23(30)26-21-19-13-33(31,32)14-20(19)27-28(21)18-11-9-17(24)10-12-18/h2-6,9-12,15H,7-8,13-14H2,1H3,(H,25,29)(H,26,30). The van der Waals surface area contributed by atoms with Gasteiger partial charge in [-0.05, 0) is 49.6 Å². The van der Waals surface area contributed by atoms with E-state index in [-0.39, 0.29) is 23.4 Å². The van der Waals surface area contributed by atoms with E-state index in [0.717, 1.165) is 12.0 Å². The molecule has 0 saturated carbocycles. The van der Waals surface area contributed by atoms with Crippen molar-refractivity contribution >= 4 is 27.5 Å². The summed E-state index contributed by atoms with van der Waals surface area (Å²) in [5.74, 6) is -2.68. The number of fused-ring (bicyclic) bond motifs is 1. The second kappa shape index (κ2) is 9.14. The minimum absolute atomic E-state index is 0.0924. The molecule has 0 spiro atoms. The van der Waals surface area contributed by atoms with E-state index in [2.05, 4.69) is 15.7 Å². The molecule has 0 fully saturated rings. The zero-order valence-corrected chi connectivity index (χ0v) is 18.7. The summed E-state index contributed by atoms with van der Waals surface area (Å²) in [7, 11) is -3.39. The van der Waals surface area contributed by atoms with Crippen molar-refractivity contribution in [3.63, 3.8) is 0 Å². The molecule has 0 saturated heterocycles. The first-order valence-corrected chi connectivity index (χ1v) is 12.3. The van der Waals surface area contributed by atoms with Crippen LogP contribution >= 0.6 is 0 Å². The molecule has 1 aliphatic rings. The van der Waals surface area contributed by atoms with Gasteiger partial charge < -0.3 is 10.6 Å². The Balaban J connectivity index is 1.48. The first-order valence-electron chi connectivity index (χ1n) is 10.4. The molecule has 0 aliphatic carbocycles. The number of hydrogen-bond acceptors (Lipinski definition) is 5. The van der Waals surface area contributed by atoms with E-state index in [1.807, 2.05) is 30.3 Å². The lowest BCUT2D eigenvalue weighted by Gasteiger charge is -2.15. The number of benzene rings is 2. The summed E-state index contributed by atoms with van der Waals surface area (Å²) in [6.07, 6.45) is 1.39. The van der Waals surface area contributed by atoms with Crippen LogP contribution in [0.4, 0.5) is 10.2 Å². The second-order valence-electron chi connectivity index (χ2n) is 8.05. The average molecular weight is 471 g/mol. The molecule has 33 heavy (non-hydrogen) atoms. The number of aryl methyl sites for hydroxylation is 1. The van der Waals surface area contributed by atoms with Crippen LogP contribution in [0, 0.1) is 5.82 Å². The molecule has 10 heteroatoms. The maximum absolute atomic E-state index is 13.3. The molecular formula is C23H23FN4O4S. The summed E-state index contributed by atoms with van der Waals surface area (Å²) in [5.41, 5.74) is 2.18. The van der Waals surface area contributed by atoms with Gasteiger partial charge in [-0.1, -0.05) is 30.3 Å². The molecule has 1 unspecified atom stereocenters. The normalized spacial score (nSPS) is 15.0. The fraction of sp³-hybridized carbons (Fsp3) is 0.261. The number of nitrogens with one attached hydrogen (secondary N) is 2. The van der Waals surface area contributed by atoms with Gasteiger partial charge in [0.1, 0.15) is 11.6 Å². The summed E-state index contributed by atoms with van der Waals surface area (Å²) >= 11 is 0. The largest absolute Gasteiger partial charge is 0.345 e. The van der Waals surface area contributed by atoms with Crippen molar-refractivity contribution in [3.05, 3.63) is 77.2 Å². The summed E-state index contributed by atoms with van der Waals surface area (Å²) in [6, 6.07) is 14.9. The van der Waals surface area contributed by atoms with Crippen molar-refractivity contribution < 1.29 is 22.4 Å². The molecule has 2 amide bonds. The highest BCUT2D eigenvalue weighted by Crippen LogP contribution is 2.33. The van der Waals surface area contributed by atoms with Gasteiger partial charge in [0.05, 0.1) is 22.9 Å². The molecule has 1 aromatic heterocycles. The number of aromatic nitrogens is 2. The summed E-state index contributed by atoms with van der Waals surface area (Å²) < 4.78 is 38.8. The predicted molar refractivity (Wildman–Crippen MR) is 121 cm³/mol. The molecule has 0 bridgehead atoms. The number of sulfone groups is 1. The number of amides is 2. The zero-order chi connectivity index (χ0) is 23.6. The summed E-state index contributed by atoms with van der Waals surface area (Å²) in [5, 5.41) is 9.47. The molecule has 0 radical (unpaired) electrons. The average Bonchev–Trinajstić information content (AvgIpc) is 3.25. The minimum atomic E-state index is -3.39. The predicted octanol–water partition coefficient (Wildman–Crippen LogP) is 2.52. The van der Waals surface area contributed by atoms with E-state index in [1.165, 1.54) is 28.9 Å². The number of anilines is 1. The Hall–Kier alpha value is -3.53. The van der Waals surface area contributed by atoms with Gasteiger partial charge in [-0.25, -0.2) is 17.5 Å². The van der Waals surface area contributed by atoms with E-state index in [4.69, 9.17) is 0 Å². The quantitative estimate of drug-likeness (QED) is 0.538. The van der Waals surface area contributed by atoms with E-state index in [9.17, 15) is 22.4 Å². The van der Waals surface area contributed by atoms with Crippen LogP contribution in [0.15, 0.2) is 54.6 Å². The van der Waals surface area contributed by atoms with Crippen LogP contribution in [-0.2, 0) is 37.4 Å². The van der Waals surface area contributed by atoms with Crippen molar-refractivity contribution in [2.75, 3.05) is 5.32 Å². The second-order valence-corrected chi connectivity index (χ2v) is 10.1. The van der Waals surface area contributed by atoms with Crippen LogP contribution in [0.3, 0.4) is 0 Å². The number of rotatable bonds is 6. The Labute approximate surface area is 190 Å². The van der Waals surface area contributed by atoms with Crippen LogP contribution in [-0.4, -0.2) is 36.1 Å². The SMILES string of the molecule is CC(CCc1ccccc1)NC(=O)C(=O)Nc1c2c(nn1-c1ccc(F)cc1)CS(=O)(=O)C2. The first-order chi connectivity index (χ1) is 15.7. The lowest BCUT2D eigenvalue weighted by atomic mass is 10.1. The number of carbonyl (C=O) groups is 2. The molecule has 172 valence electrons. The molecule has 2 aromatic carbocycles. The summed E-state index contributed by atoms with van der Waals surface area (Å²) in [4.78, 5) is 25.1. The van der Waals surface area contributed by atoms with Crippen molar-refractivity contribution in [3.8, 4) is 5.69 Å².